The highest BCUT2D eigenvalue weighted by Crippen LogP contribution is 2.22. The first-order valence-corrected chi connectivity index (χ1v) is 6.63. The first kappa shape index (κ1) is 19.9. The molecule has 0 heterocycles. The molecule has 0 amide bonds. The summed E-state index contributed by atoms with van der Waals surface area (Å²) in [7, 11) is 0. The van der Waals surface area contributed by atoms with Crippen LogP contribution in [-0.4, -0.2) is 18.4 Å². The van der Waals surface area contributed by atoms with Gasteiger partial charge >= 0.3 is 6.36 Å². The van der Waals surface area contributed by atoms with Gasteiger partial charge in [0.05, 0.1) is 0 Å². The van der Waals surface area contributed by atoms with E-state index in [0.29, 0.717) is 24.1 Å². The van der Waals surface area contributed by atoms with E-state index in [1.807, 2.05) is 13.8 Å². The van der Waals surface area contributed by atoms with Crippen LogP contribution in [0.3, 0.4) is 0 Å². The van der Waals surface area contributed by atoms with Crippen LogP contribution in [0, 0.1) is 0 Å². The molecule has 0 aromatic heterocycles. The zero-order chi connectivity index (χ0) is 17.2. The molecule has 3 nitrogen and oxygen atoms in total. The summed E-state index contributed by atoms with van der Waals surface area (Å²) >= 11 is 0. The fourth-order valence-corrected chi connectivity index (χ4v) is 1.20. The van der Waals surface area contributed by atoms with Crippen molar-refractivity contribution in [2.24, 2.45) is 9.98 Å². The third-order valence-electron chi connectivity index (χ3n) is 2.29. The number of hydrogen-bond donors (Lipinski definition) is 0. The van der Waals surface area contributed by atoms with Crippen LogP contribution in [0.1, 0.15) is 33.6 Å². The van der Waals surface area contributed by atoms with E-state index in [0.717, 1.165) is 5.71 Å². The maximum atomic E-state index is 12.1. The van der Waals surface area contributed by atoms with Crippen molar-refractivity contribution < 1.29 is 17.9 Å². The third-order valence-corrected chi connectivity index (χ3v) is 2.29. The second-order valence-electron chi connectivity index (χ2n) is 4.62. The summed E-state index contributed by atoms with van der Waals surface area (Å²) in [6.07, 6.45) is 1.73. The predicted octanol–water partition coefficient (Wildman–Crippen LogP) is 5.34. The van der Waals surface area contributed by atoms with Crippen LogP contribution in [0.25, 0.3) is 0 Å². The molecule has 0 N–H and O–H groups in total. The summed E-state index contributed by atoms with van der Waals surface area (Å²) in [5.74, 6) is -0.279. The Kier molecular flexibility index (Phi) is 8.82. The molecule has 0 aromatic rings. The van der Waals surface area contributed by atoms with Crippen LogP contribution >= 0.6 is 0 Å². The van der Waals surface area contributed by atoms with E-state index < -0.39 is 6.36 Å². The van der Waals surface area contributed by atoms with Crippen LogP contribution < -0.4 is 0 Å². The topological polar surface area (TPSA) is 34.0 Å². The zero-order valence-electron chi connectivity index (χ0n) is 13.1. The first-order valence-electron chi connectivity index (χ1n) is 6.63. The van der Waals surface area contributed by atoms with E-state index in [1.54, 1.807) is 0 Å². The molecule has 22 heavy (non-hydrogen) atoms. The van der Waals surface area contributed by atoms with Gasteiger partial charge in [0.2, 0.25) is 0 Å². The highest BCUT2D eigenvalue weighted by molar-refractivity contribution is 5.86. The second-order valence-corrected chi connectivity index (χ2v) is 4.62. The van der Waals surface area contributed by atoms with Gasteiger partial charge < -0.3 is 4.74 Å². The smallest absolute Gasteiger partial charge is 0.406 e. The zero-order valence-corrected chi connectivity index (χ0v) is 13.1. The number of alkyl halides is 3. The molecule has 0 saturated heterocycles. The monoisotopic (exact) mass is 314 g/mol. The number of hydrogen-bond acceptors (Lipinski definition) is 2. The average Bonchev–Trinajstić information content (AvgIpc) is 2.39. The third kappa shape index (κ3) is 11.7. The van der Waals surface area contributed by atoms with E-state index in [2.05, 4.69) is 27.9 Å². The standard InChI is InChI=1S/C16H21F3N2O/c1-6-15(22-16(17,18)19)10-8-13(4)7-9-14(5)21-11-20-12(2)3/h6,8,10-11H,4-5,7,9H2,1-3H3/b10-8-,15-6+,21-11-. The van der Waals surface area contributed by atoms with Gasteiger partial charge in [0, 0.05) is 11.4 Å². The molecule has 6 heteroatoms. The van der Waals surface area contributed by atoms with Gasteiger partial charge in [-0.2, -0.15) is 0 Å². The molecule has 0 aliphatic heterocycles. The van der Waals surface area contributed by atoms with Crippen LogP contribution in [0.4, 0.5) is 13.2 Å². The van der Waals surface area contributed by atoms with E-state index >= 15 is 0 Å². The minimum atomic E-state index is -4.70. The number of allylic oxidation sites excluding steroid dienone is 5. The molecule has 0 bridgehead atoms. The molecule has 0 radical (unpaired) electrons. The lowest BCUT2D eigenvalue weighted by Gasteiger charge is -2.09. The summed E-state index contributed by atoms with van der Waals surface area (Å²) in [6.45, 7) is 12.7. The van der Waals surface area contributed by atoms with E-state index in [1.165, 1.54) is 31.5 Å². The fourth-order valence-electron chi connectivity index (χ4n) is 1.20. The first-order chi connectivity index (χ1) is 10.1. The molecule has 0 unspecified atom stereocenters. The Morgan fingerprint density at radius 1 is 1.14 bits per heavy atom. The Morgan fingerprint density at radius 2 is 1.77 bits per heavy atom. The van der Waals surface area contributed by atoms with Crippen LogP contribution in [0.5, 0.6) is 0 Å². The molecule has 0 spiro atoms. The van der Waals surface area contributed by atoms with Gasteiger partial charge in [0.25, 0.3) is 0 Å². The number of nitrogens with zero attached hydrogens (tertiary/aromatic N) is 2. The molecule has 0 saturated carbocycles. The van der Waals surface area contributed by atoms with Crippen LogP contribution in [0.15, 0.2) is 58.4 Å². The Balaban J connectivity index is 4.34. The maximum absolute atomic E-state index is 12.1. The largest absolute Gasteiger partial charge is 0.573 e. The van der Waals surface area contributed by atoms with Crippen molar-refractivity contribution in [1.82, 2.24) is 0 Å². The summed E-state index contributed by atoms with van der Waals surface area (Å²) < 4.78 is 40.1. The van der Waals surface area contributed by atoms with Gasteiger partial charge in [-0.15, -0.1) is 13.2 Å². The maximum Gasteiger partial charge on any atom is 0.573 e. The summed E-state index contributed by atoms with van der Waals surface area (Å²) in [5, 5.41) is 0. The van der Waals surface area contributed by atoms with Gasteiger partial charge in [0.1, 0.15) is 12.1 Å². The molecule has 0 atom stereocenters. The number of rotatable bonds is 8. The van der Waals surface area contributed by atoms with E-state index in [9.17, 15) is 13.2 Å². The quantitative estimate of drug-likeness (QED) is 0.257. The van der Waals surface area contributed by atoms with Crippen LogP contribution in [-0.2, 0) is 4.74 Å². The van der Waals surface area contributed by atoms with Crippen molar-refractivity contribution in [1.29, 1.82) is 0 Å². The summed E-state index contributed by atoms with van der Waals surface area (Å²) in [6, 6.07) is 0. The normalized spacial score (nSPS) is 12.7. The Labute approximate surface area is 129 Å². The van der Waals surface area contributed by atoms with Crippen molar-refractivity contribution in [3.05, 3.63) is 48.4 Å². The van der Waals surface area contributed by atoms with Gasteiger partial charge in [-0.1, -0.05) is 24.8 Å². The molecular formula is C16H21F3N2O. The minimum absolute atomic E-state index is 0.279. The molecule has 0 fully saturated rings. The SMILES string of the molecule is C=C(/C=C\C(=C/C)OC(F)(F)F)CCC(=C)/N=C\N=C(C)C. The second kappa shape index (κ2) is 9.76. The Morgan fingerprint density at radius 3 is 2.27 bits per heavy atom. The van der Waals surface area contributed by atoms with Crippen molar-refractivity contribution in [3.63, 3.8) is 0 Å². The van der Waals surface area contributed by atoms with Crippen molar-refractivity contribution in [3.8, 4) is 0 Å². The summed E-state index contributed by atoms with van der Waals surface area (Å²) in [4.78, 5) is 8.03. The predicted molar refractivity (Wildman–Crippen MR) is 84.8 cm³/mol. The number of ether oxygens (including phenoxy) is 1. The van der Waals surface area contributed by atoms with E-state index in [4.69, 9.17) is 0 Å². The molecule has 0 aliphatic carbocycles. The lowest BCUT2D eigenvalue weighted by Crippen LogP contribution is -2.11. The van der Waals surface area contributed by atoms with Gasteiger partial charge in [0.15, 0.2) is 0 Å². The van der Waals surface area contributed by atoms with Gasteiger partial charge in [-0.25, -0.2) is 9.98 Å². The fraction of sp³-hybridized carbons (Fsp3) is 0.375. The Bertz CT molecular complexity index is 508. The molecule has 0 aliphatic rings. The van der Waals surface area contributed by atoms with Gasteiger partial charge in [-0.3, -0.25) is 0 Å². The molecular weight excluding hydrogens is 293 g/mol. The number of halogens is 3. The molecule has 122 valence electrons. The van der Waals surface area contributed by atoms with E-state index in [-0.39, 0.29) is 5.76 Å². The minimum Gasteiger partial charge on any atom is -0.406 e. The Hall–Kier alpha value is -2.11. The number of aliphatic imine (C=N–C) groups is 2. The van der Waals surface area contributed by atoms with Crippen LogP contribution in [0.2, 0.25) is 0 Å². The van der Waals surface area contributed by atoms with Crippen molar-refractivity contribution >= 4 is 12.1 Å². The lowest BCUT2D eigenvalue weighted by atomic mass is 10.1. The molecule has 0 rings (SSSR count). The molecule has 0 aromatic carbocycles. The van der Waals surface area contributed by atoms with Crippen molar-refractivity contribution in [2.75, 3.05) is 0 Å². The highest BCUT2D eigenvalue weighted by atomic mass is 19.4. The average molecular weight is 314 g/mol. The van der Waals surface area contributed by atoms with Crippen molar-refractivity contribution in [2.45, 2.75) is 40.0 Å². The summed E-state index contributed by atoms with van der Waals surface area (Å²) in [5.41, 5.74) is 2.15. The highest BCUT2D eigenvalue weighted by Gasteiger charge is 2.31. The lowest BCUT2D eigenvalue weighted by molar-refractivity contribution is -0.303. The van der Waals surface area contributed by atoms with Gasteiger partial charge in [-0.05, 0) is 45.8 Å².